The fourth-order valence-electron chi connectivity index (χ4n) is 2.52. The first-order chi connectivity index (χ1) is 8.96. The molecule has 0 saturated carbocycles. The molecule has 1 aromatic carbocycles. The molecule has 1 rings (SSSR count). The maximum absolute atomic E-state index is 5.78. The van der Waals surface area contributed by atoms with Crippen LogP contribution in [-0.2, 0) is 11.2 Å². The van der Waals surface area contributed by atoms with Gasteiger partial charge in [0.15, 0.2) is 0 Å². The number of aryl methyl sites for hydroxylation is 2. The molecule has 0 radical (unpaired) electrons. The summed E-state index contributed by atoms with van der Waals surface area (Å²) in [6, 6.07) is 7.03. The zero-order valence-electron chi connectivity index (χ0n) is 13.3. The average molecular weight is 263 g/mol. The van der Waals surface area contributed by atoms with Gasteiger partial charge in [0.1, 0.15) is 0 Å². The SMILES string of the molecule is CCNC(Cc1cc(C)ccc1C)C(C)(CC)OC. The first kappa shape index (κ1) is 16.2. The molecule has 2 nitrogen and oxygen atoms in total. The number of ether oxygens (including phenoxy) is 1. The molecule has 1 aromatic rings. The van der Waals surface area contributed by atoms with Crippen molar-refractivity contribution in [3.8, 4) is 0 Å². The normalized spacial score (nSPS) is 16.1. The molecule has 0 saturated heterocycles. The summed E-state index contributed by atoms with van der Waals surface area (Å²) >= 11 is 0. The molecule has 19 heavy (non-hydrogen) atoms. The highest BCUT2D eigenvalue weighted by Crippen LogP contribution is 2.24. The summed E-state index contributed by atoms with van der Waals surface area (Å²) in [5.41, 5.74) is 3.99. The fraction of sp³-hybridized carbons (Fsp3) is 0.647. The molecule has 0 aliphatic rings. The lowest BCUT2D eigenvalue weighted by atomic mass is 9.86. The van der Waals surface area contributed by atoms with E-state index in [0.29, 0.717) is 6.04 Å². The van der Waals surface area contributed by atoms with Crippen molar-refractivity contribution in [3.05, 3.63) is 34.9 Å². The minimum Gasteiger partial charge on any atom is -0.377 e. The molecule has 0 spiro atoms. The van der Waals surface area contributed by atoms with Crippen molar-refractivity contribution in [2.24, 2.45) is 0 Å². The maximum Gasteiger partial charge on any atom is 0.0803 e. The van der Waals surface area contributed by atoms with Crippen molar-refractivity contribution in [1.29, 1.82) is 0 Å². The largest absolute Gasteiger partial charge is 0.377 e. The third-order valence-corrected chi connectivity index (χ3v) is 4.28. The summed E-state index contributed by atoms with van der Waals surface area (Å²) in [4.78, 5) is 0. The Labute approximate surface area is 118 Å². The van der Waals surface area contributed by atoms with E-state index in [2.05, 4.69) is 58.1 Å². The quantitative estimate of drug-likeness (QED) is 0.811. The van der Waals surface area contributed by atoms with Gasteiger partial charge in [-0.3, -0.25) is 0 Å². The molecule has 108 valence electrons. The van der Waals surface area contributed by atoms with Gasteiger partial charge in [-0.1, -0.05) is 37.6 Å². The summed E-state index contributed by atoms with van der Waals surface area (Å²) in [6.07, 6.45) is 2.02. The topological polar surface area (TPSA) is 21.3 Å². The number of likely N-dealkylation sites (N-methyl/N-ethyl adjacent to an activating group) is 1. The van der Waals surface area contributed by atoms with E-state index < -0.39 is 0 Å². The van der Waals surface area contributed by atoms with Crippen molar-refractivity contribution >= 4 is 0 Å². The average Bonchev–Trinajstić information content (AvgIpc) is 2.41. The van der Waals surface area contributed by atoms with Gasteiger partial charge in [0.25, 0.3) is 0 Å². The number of hydrogen-bond acceptors (Lipinski definition) is 2. The van der Waals surface area contributed by atoms with Gasteiger partial charge in [0, 0.05) is 13.2 Å². The molecule has 2 unspecified atom stereocenters. The van der Waals surface area contributed by atoms with Crippen molar-refractivity contribution in [2.75, 3.05) is 13.7 Å². The van der Waals surface area contributed by atoms with Crippen LogP contribution in [0.5, 0.6) is 0 Å². The number of rotatable bonds is 7. The van der Waals surface area contributed by atoms with Crippen LogP contribution in [0.1, 0.15) is 43.9 Å². The molecule has 2 atom stereocenters. The highest BCUT2D eigenvalue weighted by atomic mass is 16.5. The van der Waals surface area contributed by atoms with E-state index in [1.807, 2.05) is 7.11 Å². The molecule has 0 aromatic heterocycles. The Kier molecular flexibility index (Phi) is 6.02. The zero-order valence-corrected chi connectivity index (χ0v) is 13.3. The Balaban J connectivity index is 2.98. The van der Waals surface area contributed by atoms with Crippen LogP contribution in [0.25, 0.3) is 0 Å². The van der Waals surface area contributed by atoms with Crippen molar-refractivity contribution in [2.45, 2.75) is 59.1 Å². The van der Waals surface area contributed by atoms with E-state index in [1.165, 1.54) is 16.7 Å². The lowest BCUT2D eigenvalue weighted by Gasteiger charge is -2.37. The molecule has 0 aliphatic carbocycles. The summed E-state index contributed by atoms with van der Waals surface area (Å²) in [5, 5.41) is 3.60. The van der Waals surface area contributed by atoms with Crippen molar-refractivity contribution < 1.29 is 4.74 Å². The van der Waals surface area contributed by atoms with E-state index >= 15 is 0 Å². The number of methoxy groups -OCH3 is 1. The Morgan fingerprint density at radius 1 is 1.26 bits per heavy atom. The van der Waals surface area contributed by atoms with Gasteiger partial charge in [-0.15, -0.1) is 0 Å². The molecule has 2 heteroatoms. The van der Waals surface area contributed by atoms with E-state index in [-0.39, 0.29) is 5.60 Å². The van der Waals surface area contributed by atoms with E-state index in [4.69, 9.17) is 4.74 Å². The smallest absolute Gasteiger partial charge is 0.0803 e. The molecule has 0 fully saturated rings. The molecule has 1 N–H and O–H groups in total. The van der Waals surface area contributed by atoms with Crippen LogP contribution < -0.4 is 5.32 Å². The van der Waals surface area contributed by atoms with Gasteiger partial charge < -0.3 is 10.1 Å². The highest BCUT2D eigenvalue weighted by molar-refractivity contribution is 5.31. The van der Waals surface area contributed by atoms with Crippen LogP contribution >= 0.6 is 0 Å². The van der Waals surface area contributed by atoms with Gasteiger partial charge in [0.2, 0.25) is 0 Å². The second kappa shape index (κ2) is 7.06. The highest BCUT2D eigenvalue weighted by Gasteiger charge is 2.32. The summed E-state index contributed by atoms with van der Waals surface area (Å²) in [5.74, 6) is 0. The van der Waals surface area contributed by atoms with Crippen LogP contribution in [0.2, 0.25) is 0 Å². The third kappa shape index (κ3) is 4.05. The predicted molar refractivity (Wildman–Crippen MR) is 82.8 cm³/mol. The summed E-state index contributed by atoms with van der Waals surface area (Å²) in [6.45, 7) is 11.9. The first-order valence-corrected chi connectivity index (χ1v) is 7.31. The molecule has 0 aliphatic heterocycles. The van der Waals surface area contributed by atoms with Crippen LogP contribution in [0, 0.1) is 13.8 Å². The minimum atomic E-state index is -0.119. The van der Waals surface area contributed by atoms with Gasteiger partial charge in [-0.2, -0.15) is 0 Å². The van der Waals surface area contributed by atoms with E-state index in [1.54, 1.807) is 0 Å². The Bertz CT molecular complexity index is 396. The Morgan fingerprint density at radius 3 is 2.47 bits per heavy atom. The molecule has 0 bridgehead atoms. The molecular weight excluding hydrogens is 234 g/mol. The maximum atomic E-state index is 5.78. The lowest BCUT2D eigenvalue weighted by molar-refractivity contribution is -0.0284. The predicted octanol–water partition coefficient (Wildman–Crippen LogP) is 3.64. The standard InChI is InChI=1S/C17H29NO/c1-7-17(5,19-6)16(18-8-2)12-15-11-13(3)9-10-14(15)4/h9-11,16,18H,7-8,12H2,1-6H3. The number of hydrogen-bond donors (Lipinski definition) is 1. The van der Waals surface area contributed by atoms with E-state index in [0.717, 1.165) is 19.4 Å². The van der Waals surface area contributed by atoms with Gasteiger partial charge >= 0.3 is 0 Å². The van der Waals surface area contributed by atoms with E-state index in [9.17, 15) is 0 Å². The van der Waals surface area contributed by atoms with Crippen LogP contribution in [0.4, 0.5) is 0 Å². The fourth-order valence-corrected chi connectivity index (χ4v) is 2.52. The number of benzene rings is 1. The number of nitrogens with one attached hydrogen (secondary N) is 1. The van der Waals surface area contributed by atoms with Crippen molar-refractivity contribution in [1.82, 2.24) is 5.32 Å². The van der Waals surface area contributed by atoms with Gasteiger partial charge in [-0.25, -0.2) is 0 Å². The first-order valence-electron chi connectivity index (χ1n) is 7.31. The third-order valence-electron chi connectivity index (χ3n) is 4.28. The second-order valence-corrected chi connectivity index (χ2v) is 5.61. The summed E-state index contributed by atoms with van der Waals surface area (Å²) in [7, 11) is 1.82. The van der Waals surface area contributed by atoms with Gasteiger partial charge in [-0.05, 0) is 51.3 Å². The summed E-state index contributed by atoms with van der Waals surface area (Å²) < 4.78 is 5.78. The monoisotopic (exact) mass is 263 g/mol. The molecule has 0 heterocycles. The van der Waals surface area contributed by atoms with Crippen LogP contribution in [-0.4, -0.2) is 25.3 Å². The molecular formula is C17H29NO. The lowest BCUT2D eigenvalue weighted by Crippen LogP contribution is -2.51. The molecule has 0 amide bonds. The van der Waals surface area contributed by atoms with Crippen LogP contribution in [0.3, 0.4) is 0 Å². The van der Waals surface area contributed by atoms with Crippen LogP contribution in [0.15, 0.2) is 18.2 Å². The van der Waals surface area contributed by atoms with Crippen molar-refractivity contribution in [3.63, 3.8) is 0 Å². The Hall–Kier alpha value is -0.860. The minimum absolute atomic E-state index is 0.119. The Morgan fingerprint density at radius 2 is 1.95 bits per heavy atom. The zero-order chi connectivity index (χ0) is 14.5. The second-order valence-electron chi connectivity index (χ2n) is 5.61. The van der Waals surface area contributed by atoms with Gasteiger partial charge in [0.05, 0.1) is 5.60 Å².